The Morgan fingerprint density at radius 2 is 2.00 bits per heavy atom. The number of aryl methyl sites for hydroxylation is 1. The zero-order valence-electron chi connectivity index (χ0n) is 12.2. The molecule has 0 aliphatic heterocycles. The van der Waals surface area contributed by atoms with Crippen LogP contribution in [0.25, 0.3) is 0 Å². The highest BCUT2D eigenvalue weighted by Crippen LogP contribution is 2.28. The maximum absolute atomic E-state index is 12.4. The Balaban J connectivity index is 1.91. The molecule has 3 rings (SSSR count). The van der Waals surface area contributed by atoms with E-state index < -0.39 is 12.1 Å². The lowest BCUT2D eigenvalue weighted by molar-refractivity contribution is 0.0367. The number of aromatic nitrogens is 3. The van der Waals surface area contributed by atoms with Gasteiger partial charge in [0.2, 0.25) is 0 Å². The molecule has 0 fully saturated rings. The molecule has 2 heterocycles. The summed E-state index contributed by atoms with van der Waals surface area (Å²) in [6, 6.07) is 12.0. The summed E-state index contributed by atoms with van der Waals surface area (Å²) in [6.45, 7) is 0. The Hall–Kier alpha value is -2.80. The van der Waals surface area contributed by atoms with Crippen LogP contribution in [-0.4, -0.2) is 20.7 Å². The summed E-state index contributed by atoms with van der Waals surface area (Å²) >= 11 is 1.40. The molecule has 3 aromatic rings. The third kappa shape index (κ3) is 3.35. The number of rotatable bonds is 4. The van der Waals surface area contributed by atoms with Crippen molar-refractivity contribution in [3.05, 3.63) is 80.7 Å². The SMILES string of the molecule is Cn1nc(C(=O)O[C@@H](c2ccccc2)c2nccs2)ccc1=O. The molecular weight excluding hydrogens is 314 g/mol. The molecule has 2 aromatic heterocycles. The number of carbonyl (C=O) groups is 1. The maximum Gasteiger partial charge on any atom is 0.359 e. The first kappa shape index (κ1) is 15.1. The minimum atomic E-state index is -0.609. The molecule has 0 saturated heterocycles. The van der Waals surface area contributed by atoms with E-state index in [-0.39, 0.29) is 11.3 Å². The molecule has 116 valence electrons. The molecule has 0 amide bonds. The van der Waals surface area contributed by atoms with Crippen molar-refractivity contribution in [1.82, 2.24) is 14.8 Å². The molecule has 7 heteroatoms. The van der Waals surface area contributed by atoms with Crippen LogP contribution in [0.2, 0.25) is 0 Å². The topological polar surface area (TPSA) is 74.1 Å². The van der Waals surface area contributed by atoms with Crippen molar-refractivity contribution in [2.24, 2.45) is 7.05 Å². The molecule has 1 atom stereocenters. The van der Waals surface area contributed by atoms with Gasteiger partial charge in [0, 0.05) is 24.7 Å². The van der Waals surface area contributed by atoms with Gasteiger partial charge in [-0.2, -0.15) is 5.10 Å². The summed E-state index contributed by atoms with van der Waals surface area (Å²) < 4.78 is 6.69. The van der Waals surface area contributed by atoms with Crippen LogP contribution in [0.3, 0.4) is 0 Å². The van der Waals surface area contributed by atoms with Gasteiger partial charge in [0.1, 0.15) is 5.01 Å². The Morgan fingerprint density at radius 1 is 1.22 bits per heavy atom. The first-order valence-corrected chi connectivity index (χ1v) is 7.73. The van der Waals surface area contributed by atoms with Gasteiger partial charge in [-0.3, -0.25) is 4.79 Å². The zero-order valence-corrected chi connectivity index (χ0v) is 13.1. The number of esters is 1. The van der Waals surface area contributed by atoms with Crippen LogP contribution in [-0.2, 0) is 11.8 Å². The molecule has 0 N–H and O–H groups in total. The van der Waals surface area contributed by atoms with E-state index in [1.807, 2.05) is 35.7 Å². The molecule has 6 nitrogen and oxygen atoms in total. The Bertz CT molecular complexity index is 860. The van der Waals surface area contributed by atoms with E-state index in [1.165, 1.54) is 30.5 Å². The van der Waals surface area contributed by atoms with Crippen LogP contribution < -0.4 is 5.56 Å². The van der Waals surface area contributed by atoms with Crippen molar-refractivity contribution in [3.63, 3.8) is 0 Å². The summed E-state index contributed by atoms with van der Waals surface area (Å²) in [5, 5.41) is 6.41. The van der Waals surface area contributed by atoms with Gasteiger partial charge in [0.05, 0.1) is 0 Å². The Labute approximate surface area is 136 Å². The highest BCUT2D eigenvalue weighted by Gasteiger charge is 2.23. The van der Waals surface area contributed by atoms with E-state index in [0.29, 0.717) is 5.01 Å². The normalized spacial score (nSPS) is 11.9. The lowest BCUT2D eigenvalue weighted by Crippen LogP contribution is -2.22. The molecule has 0 unspecified atom stereocenters. The minimum absolute atomic E-state index is 0.0737. The van der Waals surface area contributed by atoms with Crippen molar-refractivity contribution in [3.8, 4) is 0 Å². The van der Waals surface area contributed by atoms with Crippen molar-refractivity contribution in [1.29, 1.82) is 0 Å². The molecule has 0 saturated carbocycles. The Kier molecular flexibility index (Phi) is 4.29. The summed E-state index contributed by atoms with van der Waals surface area (Å²) in [5.41, 5.74) is 0.603. The van der Waals surface area contributed by atoms with Crippen LogP contribution in [0.1, 0.15) is 27.2 Å². The van der Waals surface area contributed by atoms with Crippen molar-refractivity contribution < 1.29 is 9.53 Å². The molecule has 0 aliphatic carbocycles. The van der Waals surface area contributed by atoms with Crippen molar-refractivity contribution in [2.45, 2.75) is 6.10 Å². The van der Waals surface area contributed by atoms with Gasteiger partial charge in [-0.15, -0.1) is 11.3 Å². The molecule has 0 spiro atoms. The Morgan fingerprint density at radius 3 is 2.65 bits per heavy atom. The number of ether oxygens (including phenoxy) is 1. The van der Waals surface area contributed by atoms with Crippen LogP contribution >= 0.6 is 11.3 Å². The van der Waals surface area contributed by atoms with Gasteiger partial charge in [-0.1, -0.05) is 30.3 Å². The van der Waals surface area contributed by atoms with E-state index >= 15 is 0 Å². The third-order valence-electron chi connectivity index (χ3n) is 3.17. The fourth-order valence-electron chi connectivity index (χ4n) is 2.03. The van der Waals surface area contributed by atoms with E-state index in [1.54, 1.807) is 6.20 Å². The minimum Gasteiger partial charge on any atom is -0.445 e. The highest BCUT2D eigenvalue weighted by molar-refractivity contribution is 7.09. The van der Waals surface area contributed by atoms with Crippen LogP contribution in [0.4, 0.5) is 0 Å². The van der Waals surface area contributed by atoms with Crippen molar-refractivity contribution in [2.75, 3.05) is 0 Å². The summed E-state index contributed by atoms with van der Waals surface area (Å²) in [5.74, 6) is -0.607. The summed E-state index contributed by atoms with van der Waals surface area (Å²) in [4.78, 5) is 28.0. The van der Waals surface area contributed by atoms with Gasteiger partial charge in [-0.25, -0.2) is 14.5 Å². The van der Waals surface area contributed by atoms with Gasteiger partial charge in [0.15, 0.2) is 11.8 Å². The number of hydrogen-bond donors (Lipinski definition) is 0. The van der Waals surface area contributed by atoms with Crippen LogP contribution in [0.5, 0.6) is 0 Å². The smallest absolute Gasteiger partial charge is 0.359 e. The molecule has 0 aliphatic rings. The summed E-state index contributed by atoms with van der Waals surface area (Å²) in [6.07, 6.45) is 1.05. The second-order valence-corrected chi connectivity index (χ2v) is 5.67. The lowest BCUT2D eigenvalue weighted by Gasteiger charge is -2.16. The van der Waals surface area contributed by atoms with Gasteiger partial charge < -0.3 is 4.74 Å². The van der Waals surface area contributed by atoms with Gasteiger partial charge >= 0.3 is 5.97 Å². The average Bonchev–Trinajstić information content (AvgIpc) is 3.10. The molecule has 1 aromatic carbocycles. The number of carbonyl (C=O) groups excluding carboxylic acids is 1. The molecule has 0 bridgehead atoms. The largest absolute Gasteiger partial charge is 0.445 e. The fourth-order valence-corrected chi connectivity index (χ4v) is 2.72. The van der Waals surface area contributed by atoms with E-state index in [0.717, 1.165) is 10.2 Å². The molecule has 0 radical (unpaired) electrons. The average molecular weight is 327 g/mol. The quantitative estimate of drug-likeness (QED) is 0.687. The number of nitrogens with zero attached hydrogens (tertiary/aromatic N) is 3. The summed E-state index contributed by atoms with van der Waals surface area (Å²) in [7, 11) is 1.48. The van der Waals surface area contributed by atoms with E-state index in [2.05, 4.69) is 10.1 Å². The van der Waals surface area contributed by atoms with Crippen LogP contribution in [0.15, 0.2) is 58.8 Å². The predicted octanol–water partition coefficient (Wildman–Crippen LogP) is 2.18. The first-order chi connectivity index (χ1) is 11.1. The molecular formula is C16H13N3O3S. The lowest BCUT2D eigenvalue weighted by atomic mass is 10.1. The second kappa shape index (κ2) is 6.53. The fraction of sp³-hybridized carbons (Fsp3) is 0.125. The van der Waals surface area contributed by atoms with Gasteiger partial charge in [0.25, 0.3) is 5.56 Å². The maximum atomic E-state index is 12.4. The van der Waals surface area contributed by atoms with Crippen molar-refractivity contribution >= 4 is 17.3 Å². The highest BCUT2D eigenvalue weighted by atomic mass is 32.1. The van der Waals surface area contributed by atoms with Gasteiger partial charge in [-0.05, 0) is 11.6 Å². The first-order valence-electron chi connectivity index (χ1n) is 6.85. The number of thiazole rings is 1. The van der Waals surface area contributed by atoms with E-state index in [4.69, 9.17) is 4.74 Å². The van der Waals surface area contributed by atoms with Crippen LogP contribution in [0, 0.1) is 0 Å². The number of hydrogen-bond acceptors (Lipinski definition) is 6. The number of benzene rings is 1. The predicted molar refractivity (Wildman–Crippen MR) is 85.3 cm³/mol. The third-order valence-corrected chi connectivity index (χ3v) is 3.99. The van der Waals surface area contributed by atoms with E-state index in [9.17, 15) is 9.59 Å². The molecule has 23 heavy (non-hydrogen) atoms. The standard InChI is InChI=1S/C16H13N3O3S/c1-19-13(20)8-7-12(18-19)16(21)22-14(15-17-9-10-23-15)11-5-3-2-4-6-11/h2-10,14H,1H3/t14-/m0/s1. The second-order valence-electron chi connectivity index (χ2n) is 4.75. The monoisotopic (exact) mass is 327 g/mol. The zero-order chi connectivity index (χ0) is 16.2.